The van der Waals surface area contributed by atoms with Gasteiger partial charge in [-0.25, -0.2) is 0 Å². The number of likely N-dealkylation sites (tertiary alicyclic amines) is 1. The summed E-state index contributed by atoms with van der Waals surface area (Å²) in [6.45, 7) is 16.2. The highest BCUT2D eigenvalue weighted by Gasteiger charge is 2.51. The number of nitrogens with zero attached hydrogens (tertiary/aromatic N) is 1. The Morgan fingerprint density at radius 2 is 1.50 bits per heavy atom. The zero-order chi connectivity index (χ0) is 16.4. The fourth-order valence-electron chi connectivity index (χ4n) is 2.90. The van der Waals surface area contributed by atoms with E-state index in [9.17, 15) is 0 Å². The Hall–Kier alpha value is -0.575. The molecule has 0 spiro atoms. The van der Waals surface area contributed by atoms with E-state index < -0.39 is 0 Å². The summed E-state index contributed by atoms with van der Waals surface area (Å²) in [6.07, 6.45) is 8.45. The molecule has 0 aliphatic carbocycles. The quantitative estimate of drug-likeness (QED) is 0.579. The number of allylic oxidation sites excluding steroid dienone is 3. The second-order valence-corrected chi connectivity index (χ2v) is 7.85. The van der Waals surface area contributed by atoms with Gasteiger partial charge in [0.1, 0.15) is 0 Å². The monoisotopic (exact) mass is 305 g/mol. The van der Waals surface area contributed by atoms with Gasteiger partial charge in [0, 0.05) is 6.54 Å². The Bertz CT molecular complexity index is 432. The molecular weight excluding hydrogens is 273 g/mol. The molecule has 2 fully saturated rings. The van der Waals surface area contributed by atoms with Crippen LogP contribution in [-0.2, 0) is 9.31 Å². The van der Waals surface area contributed by atoms with Gasteiger partial charge in [0.2, 0.25) is 0 Å². The average molecular weight is 305 g/mol. The van der Waals surface area contributed by atoms with E-state index >= 15 is 0 Å². The zero-order valence-corrected chi connectivity index (χ0v) is 15.2. The molecule has 0 radical (unpaired) electrons. The smallest absolute Gasteiger partial charge is 0.400 e. The van der Waals surface area contributed by atoms with E-state index in [1.165, 1.54) is 37.9 Å². The van der Waals surface area contributed by atoms with E-state index in [2.05, 4.69) is 58.6 Å². The first-order chi connectivity index (χ1) is 10.2. The van der Waals surface area contributed by atoms with Crippen molar-refractivity contribution in [2.45, 2.75) is 72.0 Å². The second-order valence-electron chi connectivity index (χ2n) is 7.85. The first-order valence-electron chi connectivity index (χ1n) is 8.63. The van der Waals surface area contributed by atoms with Crippen LogP contribution in [0.3, 0.4) is 0 Å². The summed E-state index contributed by atoms with van der Waals surface area (Å²) < 4.78 is 12.2. The minimum absolute atomic E-state index is 0.232. The molecule has 22 heavy (non-hydrogen) atoms. The van der Waals surface area contributed by atoms with E-state index in [0.717, 1.165) is 12.0 Å². The lowest BCUT2D eigenvalue weighted by molar-refractivity contribution is 0.00578. The van der Waals surface area contributed by atoms with Crippen LogP contribution in [0.5, 0.6) is 0 Å². The molecule has 2 rings (SSSR count). The van der Waals surface area contributed by atoms with Crippen molar-refractivity contribution >= 4 is 7.12 Å². The first-order valence-corrected chi connectivity index (χ1v) is 8.63. The lowest BCUT2D eigenvalue weighted by Crippen LogP contribution is -2.41. The van der Waals surface area contributed by atoms with E-state index in [-0.39, 0.29) is 18.3 Å². The maximum absolute atomic E-state index is 6.08. The van der Waals surface area contributed by atoms with Gasteiger partial charge < -0.3 is 9.31 Å². The molecule has 0 unspecified atom stereocenters. The molecule has 3 nitrogen and oxygen atoms in total. The van der Waals surface area contributed by atoms with Crippen molar-refractivity contribution in [3.8, 4) is 0 Å². The van der Waals surface area contributed by atoms with Gasteiger partial charge in [-0.15, -0.1) is 0 Å². The summed E-state index contributed by atoms with van der Waals surface area (Å²) in [4.78, 5) is 2.55. The number of hydrogen-bond donors (Lipinski definition) is 0. The van der Waals surface area contributed by atoms with Gasteiger partial charge in [-0.1, -0.05) is 24.1 Å². The van der Waals surface area contributed by atoms with Gasteiger partial charge in [0.05, 0.1) is 11.2 Å². The van der Waals surface area contributed by atoms with Crippen molar-refractivity contribution in [2.24, 2.45) is 0 Å². The molecule has 0 aromatic carbocycles. The molecule has 124 valence electrons. The summed E-state index contributed by atoms with van der Waals surface area (Å²) in [5.74, 6) is 0. The predicted octanol–water partition coefficient (Wildman–Crippen LogP) is 4.00. The third-order valence-electron chi connectivity index (χ3n) is 5.18. The van der Waals surface area contributed by atoms with Crippen molar-refractivity contribution in [3.05, 3.63) is 23.2 Å². The normalized spacial score (nSPS) is 26.5. The summed E-state index contributed by atoms with van der Waals surface area (Å²) >= 11 is 0. The van der Waals surface area contributed by atoms with Crippen LogP contribution in [0.15, 0.2) is 23.2 Å². The van der Waals surface area contributed by atoms with Crippen molar-refractivity contribution in [2.75, 3.05) is 19.6 Å². The molecule has 0 amide bonds. The fourth-order valence-corrected chi connectivity index (χ4v) is 2.90. The van der Waals surface area contributed by atoms with Crippen molar-refractivity contribution in [1.82, 2.24) is 4.90 Å². The van der Waals surface area contributed by atoms with Crippen LogP contribution in [0, 0.1) is 0 Å². The predicted molar refractivity (Wildman–Crippen MR) is 93.9 cm³/mol. The Balaban J connectivity index is 1.93. The Kier molecular flexibility index (Phi) is 5.57. The molecule has 0 saturated carbocycles. The lowest BCUT2D eigenvalue weighted by Gasteiger charge is -2.32. The Labute approximate surface area is 136 Å². The highest BCUT2D eigenvalue weighted by atomic mass is 16.7. The van der Waals surface area contributed by atoms with Crippen LogP contribution >= 0.6 is 0 Å². The third-order valence-corrected chi connectivity index (χ3v) is 5.18. The maximum Gasteiger partial charge on any atom is 0.490 e. The van der Waals surface area contributed by atoms with E-state index in [4.69, 9.17) is 9.31 Å². The minimum atomic E-state index is -0.265. The van der Waals surface area contributed by atoms with Crippen LogP contribution in [0.25, 0.3) is 0 Å². The van der Waals surface area contributed by atoms with E-state index in [1.807, 2.05) is 0 Å². The van der Waals surface area contributed by atoms with Gasteiger partial charge in [-0.2, -0.15) is 0 Å². The molecule has 0 bridgehead atoms. The highest BCUT2D eigenvalue weighted by Crippen LogP contribution is 2.38. The van der Waals surface area contributed by atoms with Gasteiger partial charge in [0.25, 0.3) is 0 Å². The molecule has 2 aliphatic heterocycles. The number of rotatable bonds is 4. The standard InChI is InChI=1S/C18H32BNO2/c1-15(14-20-12-8-7-9-13-20)10-11-16(2)19-21-17(3,4)18(5,6)22-19/h10-11H,7-9,12-14H2,1-6H3/b15-10+,16-11+. The third kappa shape index (κ3) is 4.24. The summed E-state index contributed by atoms with van der Waals surface area (Å²) in [5.41, 5.74) is 2.01. The topological polar surface area (TPSA) is 21.7 Å². The summed E-state index contributed by atoms with van der Waals surface area (Å²) in [7, 11) is -0.232. The minimum Gasteiger partial charge on any atom is -0.400 e. The molecule has 2 saturated heterocycles. The van der Waals surface area contributed by atoms with Crippen molar-refractivity contribution in [3.63, 3.8) is 0 Å². The molecule has 0 aromatic heterocycles. The van der Waals surface area contributed by atoms with Crippen LogP contribution in [0.1, 0.15) is 60.8 Å². The molecule has 0 N–H and O–H groups in total. The lowest BCUT2D eigenvalue weighted by atomic mass is 9.79. The van der Waals surface area contributed by atoms with Crippen LogP contribution in [-0.4, -0.2) is 42.9 Å². The Morgan fingerprint density at radius 1 is 0.955 bits per heavy atom. The van der Waals surface area contributed by atoms with Crippen LogP contribution in [0.2, 0.25) is 0 Å². The van der Waals surface area contributed by atoms with E-state index in [1.54, 1.807) is 0 Å². The van der Waals surface area contributed by atoms with Gasteiger partial charge in [0.15, 0.2) is 0 Å². The zero-order valence-electron chi connectivity index (χ0n) is 15.2. The molecule has 2 heterocycles. The van der Waals surface area contributed by atoms with Gasteiger partial charge in [-0.3, -0.25) is 4.90 Å². The summed E-state index contributed by atoms with van der Waals surface area (Å²) in [6, 6.07) is 0. The number of hydrogen-bond acceptors (Lipinski definition) is 3. The van der Waals surface area contributed by atoms with Crippen LogP contribution < -0.4 is 0 Å². The Morgan fingerprint density at radius 3 is 2.05 bits per heavy atom. The molecule has 4 heteroatoms. The maximum atomic E-state index is 6.08. The molecule has 0 atom stereocenters. The summed E-state index contributed by atoms with van der Waals surface area (Å²) in [5, 5.41) is 0. The molecule has 0 aromatic rings. The highest BCUT2D eigenvalue weighted by molar-refractivity contribution is 6.54. The molecule has 2 aliphatic rings. The molecular formula is C18H32BNO2. The van der Waals surface area contributed by atoms with Crippen molar-refractivity contribution < 1.29 is 9.31 Å². The van der Waals surface area contributed by atoms with Crippen molar-refractivity contribution in [1.29, 1.82) is 0 Å². The van der Waals surface area contributed by atoms with Crippen LogP contribution in [0.4, 0.5) is 0 Å². The fraction of sp³-hybridized carbons (Fsp3) is 0.778. The first kappa shape index (κ1) is 17.8. The average Bonchev–Trinajstić information content (AvgIpc) is 2.66. The van der Waals surface area contributed by atoms with E-state index in [0.29, 0.717) is 0 Å². The second kappa shape index (κ2) is 6.90. The number of piperidine rings is 1. The van der Waals surface area contributed by atoms with Gasteiger partial charge in [-0.05, 0) is 72.9 Å². The largest absolute Gasteiger partial charge is 0.490 e. The SMILES string of the molecule is C/C(=C\C=C(/C)CN1CCCCC1)B1OC(C)(C)C(C)(C)O1. The van der Waals surface area contributed by atoms with Gasteiger partial charge >= 0.3 is 7.12 Å².